The van der Waals surface area contributed by atoms with E-state index in [0.29, 0.717) is 18.3 Å². The SMILES string of the molecule is Cc1ccc(-c2nnn(CC(=O)N(C)CC(O)C3CC3)n2)cc1. The van der Waals surface area contributed by atoms with Gasteiger partial charge in [-0.1, -0.05) is 29.8 Å². The summed E-state index contributed by atoms with van der Waals surface area (Å²) in [7, 11) is 1.69. The van der Waals surface area contributed by atoms with Crippen molar-refractivity contribution in [3.05, 3.63) is 29.8 Å². The van der Waals surface area contributed by atoms with Crippen molar-refractivity contribution in [2.75, 3.05) is 13.6 Å². The predicted octanol–water partition coefficient (Wildman–Crippen LogP) is 0.878. The summed E-state index contributed by atoms with van der Waals surface area (Å²) >= 11 is 0. The normalized spacial score (nSPS) is 15.4. The Hall–Kier alpha value is -2.28. The summed E-state index contributed by atoms with van der Waals surface area (Å²) in [5.74, 6) is 0.707. The van der Waals surface area contributed by atoms with Crippen LogP contribution in [0.5, 0.6) is 0 Å². The van der Waals surface area contributed by atoms with E-state index in [4.69, 9.17) is 0 Å². The largest absolute Gasteiger partial charge is 0.391 e. The molecule has 0 saturated heterocycles. The number of benzene rings is 1. The van der Waals surface area contributed by atoms with E-state index in [9.17, 15) is 9.90 Å². The van der Waals surface area contributed by atoms with Crippen LogP contribution in [0.25, 0.3) is 11.4 Å². The van der Waals surface area contributed by atoms with Gasteiger partial charge in [0.05, 0.1) is 6.10 Å². The standard InChI is InChI=1S/C16H21N5O2/c1-11-3-5-13(6-4-11)16-17-19-21(18-16)10-15(23)20(2)9-14(22)12-7-8-12/h3-6,12,14,22H,7-10H2,1-2H3. The minimum absolute atomic E-state index is 0.0206. The van der Waals surface area contributed by atoms with Crippen molar-refractivity contribution in [1.29, 1.82) is 0 Å². The molecule has 0 bridgehead atoms. The Morgan fingerprint density at radius 3 is 2.74 bits per heavy atom. The molecule has 7 heteroatoms. The molecule has 0 spiro atoms. The second-order valence-corrected chi connectivity index (χ2v) is 6.19. The number of hydrogen-bond acceptors (Lipinski definition) is 5. The van der Waals surface area contributed by atoms with Crippen molar-refractivity contribution in [3.63, 3.8) is 0 Å². The Kier molecular flexibility index (Phi) is 4.38. The molecule has 1 amide bonds. The van der Waals surface area contributed by atoms with E-state index in [-0.39, 0.29) is 12.5 Å². The highest BCUT2D eigenvalue weighted by molar-refractivity contribution is 5.75. The number of tetrazole rings is 1. The third kappa shape index (κ3) is 3.92. The first-order valence-corrected chi connectivity index (χ1v) is 7.80. The first-order valence-electron chi connectivity index (χ1n) is 7.80. The number of carbonyl (C=O) groups is 1. The Balaban J connectivity index is 1.59. The summed E-state index contributed by atoms with van der Waals surface area (Å²) in [6.45, 7) is 2.38. The highest BCUT2D eigenvalue weighted by atomic mass is 16.3. The summed E-state index contributed by atoms with van der Waals surface area (Å²) in [6.07, 6.45) is 1.66. The molecule has 0 aliphatic heterocycles. The predicted molar refractivity (Wildman–Crippen MR) is 84.4 cm³/mol. The van der Waals surface area contributed by atoms with Gasteiger partial charge in [0.1, 0.15) is 6.54 Å². The van der Waals surface area contributed by atoms with Crippen molar-refractivity contribution < 1.29 is 9.90 Å². The van der Waals surface area contributed by atoms with Crippen molar-refractivity contribution >= 4 is 5.91 Å². The molecule has 1 N–H and O–H groups in total. The zero-order valence-electron chi connectivity index (χ0n) is 13.4. The number of aliphatic hydroxyl groups excluding tert-OH is 1. The number of amides is 1. The van der Waals surface area contributed by atoms with Gasteiger partial charge in [0.2, 0.25) is 11.7 Å². The topological polar surface area (TPSA) is 84.1 Å². The average molecular weight is 315 g/mol. The summed E-state index contributed by atoms with van der Waals surface area (Å²) in [5.41, 5.74) is 2.03. The fourth-order valence-corrected chi connectivity index (χ4v) is 2.38. The molecule has 0 radical (unpaired) electrons. The summed E-state index contributed by atoms with van der Waals surface area (Å²) in [4.78, 5) is 15.0. The number of rotatable bonds is 6. The number of likely N-dealkylation sites (N-methyl/N-ethyl adjacent to an activating group) is 1. The van der Waals surface area contributed by atoms with Gasteiger partial charge in [0.15, 0.2) is 0 Å². The molecule has 23 heavy (non-hydrogen) atoms. The van der Waals surface area contributed by atoms with E-state index in [2.05, 4.69) is 15.4 Å². The monoisotopic (exact) mass is 315 g/mol. The van der Waals surface area contributed by atoms with Crippen LogP contribution in [0, 0.1) is 12.8 Å². The van der Waals surface area contributed by atoms with Gasteiger partial charge in [0, 0.05) is 19.2 Å². The molecule has 1 aliphatic carbocycles. The minimum Gasteiger partial charge on any atom is -0.391 e. The van der Waals surface area contributed by atoms with Crippen LogP contribution in [-0.2, 0) is 11.3 Å². The maximum atomic E-state index is 12.2. The lowest BCUT2D eigenvalue weighted by molar-refractivity contribution is -0.132. The Bertz CT molecular complexity index is 678. The molecule has 1 aromatic carbocycles. The number of aromatic nitrogens is 4. The van der Waals surface area contributed by atoms with Crippen LogP contribution in [0.3, 0.4) is 0 Å². The molecule has 1 aliphatic rings. The van der Waals surface area contributed by atoms with Crippen LogP contribution in [0.15, 0.2) is 24.3 Å². The Morgan fingerprint density at radius 2 is 2.09 bits per heavy atom. The van der Waals surface area contributed by atoms with E-state index in [1.54, 1.807) is 7.05 Å². The van der Waals surface area contributed by atoms with Crippen molar-refractivity contribution in [3.8, 4) is 11.4 Å². The van der Waals surface area contributed by atoms with Gasteiger partial charge in [0.25, 0.3) is 0 Å². The lowest BCUT2D eigenvalue weighted by atomic mass is 10.1. The lowest BCUT2D eigenvalue weighted by Gasteiger charge is -2.20. The summed E-state index contributed by atoms with van der Waals surface area (Å²) < 4.78 is 0. The maximum absolute atomic E-state index is 12.2. The van der Waals surface area contributed by atoms with Crippen molar-refractivity contribution in [2.24, 2.45) is 5.92 Å². The van der Waals surface area contributed by atoms with Gasteiger partial charge in [-0.3, -0.25) is 4.79 Å². The molecule has 1 saturated carbocycles. The van der Waals surface area contributed by atoms with E-state index in [1.807, 2.05) is 31.2 Å². The van der Waals surface area contributed by atoms with Crippen LogP contribution < -0.4 is 0 Å². The van der Waals surface area contributed by atoms with Gasteiger partial charge in [-0.2, -0.15) is 4.80 Å². The minimum atomic E-state index is -0.434. The quantitative estimate of drug-likeness (QED) is 0.855. The Labute approximate surface area is 134 Å². The fraction of sp³-hybridized carbons (Fsp3) is 0.500. The fourth-order valence-electron chi connectivity index (χ4n) is 2.38. The molecular weight excluding hydrogens is 294 g/mol. The van der Waals surface area contributed by atoms with Crippen molar-refractivity contribution in [1.82, 2.24) is 25.1 Å². The third-order valence-electron chi connectivity index (χ3n) is 4.09. The molecule has 1 fully saturated rings. The zero-order chi connectivity index (χ0) is 16.4. The molecule has 122 valence electrons. The van der Waals surface area contributed by atoms with E-state index in [0.717, 1.165) is 24.0 Å². The second kappa shape index (κ2) is 6.45. The summed E-state index contributed by atoms with van der Waals surface area (Å²) in [6, 6.07) is 7.82. The lowest BCUT2D eigenvalue weighted by Crippen LogP contribution is -2.37. The van der Waals surface area contributed by atoms with Gasteiger partial charge in [-0.15, -0.1) is 10.2 Å². The maximum Gasteiger partial charge on any atom is 0.246 e. The molecule has 1 atom stereocenters. The number of hydrogen-bond donors (Lipinski definition) is 1. The first kappa shape index (κ1) is 15.6. The van der Waals surface area contributed by atoms with Crippen LogP contribution >= 0.6 is 0 Å². The van der Waals surface area contributed by atoms with Crippen LogP contribution in [0.4, 0.5) is 0 Å². The average Bonchev–Trinajstić information content (AvgIpc) is 3.28. The van der Waals surface area contributed by atoms with Gasteiger partial charge >= 0.3 is 0 Å². The molecular formula is C16H21N5O2. The van der Waals surface area contributed by atoms with E-state index >= 15 is 0 Å². The first-order chi connectivity index (χ1) is 11.0. The highest BCUT2D eigenvalue weighted by Crippen LogP contribution is 2.32. The molecule has 2 aromatic rings. The highest BCUT2D eigenvalue weighted by Gasteiger charge is 2.31. The van der Waals surface area contributed by atoms with Gasteiger partial charge < -0.3 is 10.0 Å². The Morgan fingerprint density at radius 1 is 1.39 bits per heavy atom. The summed E-state index contributed by atoms with van der Waals surface area (Å²) in [5, 5.41) is 22.1. The van der Waals surface area contributed by atoms with E-state index in [1.165, 1.54) is 9.70 Å². The third-order valence-corrected chi connectivity index (χ3v) is 4.09. The van der Waals surface area contributed by atoms with Gasteiger partial charge in [-0.25, -0.2) is 0 Å². The number of carbonyl (C=O) groups excluding carboxylic acids is 1. The molecule has 1 aromatic heterocycles. The molecule has 7 nitrogen and oxygen atoms in total. The zero-order valence-corrected chi connectivity index (χ0v) is 13.4. The van der Waals surface area contributed by atoms with Crippen LogP contribution in [0.2, 0.25) is 0 Å². The van der Waals surface area contributed by atoms with E-state index < -0.39 is 6.10 Å². The number of aryl methyl sites for hydroxylation is 1. The van der Waals surface area contributed by atoms with Crippen LogP contribution in [-0.4, -0.2) is 55.8 Å². The van der Waals surface area contributed by atoms with Gasteiger partial charge in [-0.05, 0) is 30.9 Å². The molecule has 1 heterocycles. The number of aliphatic hydroxyl groups is 1. The number of nitrogens with zero attached hydrogens (tertiary/aromatic N) is 5. The van der Waals surface area contributed by atoms with Crippen molar-refractivity contribution in [2.45, 2.75) is 32.4 Å². The molecule has 3 rings (SSSR count). The second-order valence-electron chi connectivity index (χ2n) is 6.19. The molecule has 1 unspecified atom stereocenters. The van der Waals surface area contributed by atoms with Crippen LogP contribution in [0.1, 0.15) is 18.4 Å². The smallest absolute Gasteiger partial charge is 0.246 e.